The van der Waals surface area contributed by atoms with Crippen LogP contribution >= 0.6 is 11.3 Å². The first kappa shape index (κ1) is 15.4. The molecule has 0 aliphatic rings. The maximum atomic E-state index is 10.9. The molecular weight excluding hydrogens is 308 g/mol. The van der Waals surface area contributed by atoms with E-state index in [2.05, 4.69) is 48.3 Å². The van der Waals surface area contributed by atoms with Gasteiger partial charge in [0.1, 0.15) is 10.0 Å². The minimum absolute atomic E-state index is 0.266. The normalized spacial score (nSPS) is 10.9. The number of benzene rings is 2. The Balaban J connectivity index is 1.86. The number of aromatic nitrogens is 2. The maximum Gasteiger partial charge on any atom is 0.335 e. The van der Waals surface area contributed by atoms with E-state index < -0.39 is 5.97 Å². The monoisotopic (exact) mass is 324 g/mol. The van der Waals surface area contributed by atoms with E-state index in [1.807, 2.05) is 0 Å². The van der Waals surface area contributed by atoms with Gasteiger partial charge >= 0.3 is 5.97 Å². The zero-order chi connectivity index (χ0) is 16.4. The molecule has 0 atom stereocenters. The van der Waals surface area contributed by atoms with Crippen LogP contribution in [0.3, 0.4) is 0 Å². The van der Waals surface area contributed by atoms with Gasteiger partial charge in [-0.25, -0.2) is 4.79 Å². The fraction of sp³-hybridized carbons (Fsp3) is 0.167. The molecule has 0 amide bonds. The molecule has 0 bridgehead atoms. The van der Waals surface area contributed by atoms with Crippen LogP contribution in [0.25, 0.3) is 21.1 Å². The SMILES string of the molecule is CC(C)c1ccc(-c2nnc(-c3ccc(C(=O)O)cc3)s2)cc1. The zero-order valence-electron chi connectivity index (χ0n) is 12.9. The van der Waals surface area contributed by atoms with Crippen molar-refractivity contribution in [2.24, 2.45) is 0 Å². The lowest BCUT2D eigenvalue weighted by atomic mass is 10.0. The molecular formula is C18H16N2O2S. The lowest BCUT2D eigenvalue weighted by Crippen LogP contribution is -1.94. The van der Waals surface area contributed by atoms with E-state index in [1.54, 1.807) is 24.3 Å². The molecule has 1 aromatic heterocycles. The fourth-order valence-electron chi connectivity index (χ4n) is 2.22. The molecule has 23 heavy (non-hydrogen) atoms. The summed E-state index contributed by atoms with van der Waals surface area (Å²) in [6.07, 6.45) is 0. The van der Waals surface area contributed by atoms with Crippen LogP contribution in [0.2, 0.25) is 0 Å². The Bertz CT molecular complexity index is 821. The van der Waals surface area contributed by atoms with Crippen LogP contribution in [0.5, 0.6) is 0 Å². The summed E-state index contributed by atoms with van der Waals surface area (Å²) in [5, 5.41) is 19.0. The molecule has 0 aliphatic carbocycles. The summed E-state index contributed by atoms with van der Waals surface area (Å²) >= 11 is 1.50. The van der Waals surface area contributed by atoms with E-state index in [9.17, 15) is 4.79 Å². The second-order valence-electron chi connectivity index (χ2n) is 5.57. The quantitative estimate of drug-likeness (QED) is 0.756. The molecule has 1 N–H and O–H groups in total. The van der Waals surface area contributed by atoms with Gasteiger partial charge in [0.05, 0.1) is 5.56 Å². The Morgan fingerprint density at radius 1 is 0.913 bits per heavy atom. The standard InChI is InChI=1S/C18H16N2O2S/c1-11(2)12-3-5-13(6-4-12)16-19-20-17(23-16)14-7-9-15(10-8-14)18(21)22/h3-11H,1-2H3,(H,21,22). The molecule has 5 heteroatoms. The van der Waals surface area contributed by atoms with E-state index >= 15 is 0 Å². The summed E-state index contributed by atoms with van der Waals surface area (Å²) in [6, 6.07) is 15.0. The first-order valence-corrected chi connectivity index (χ1v) is 8.14. The predicted molar refractivity (Wildman–Crippen MR) is 91.8 cm³/mol. The van der Waals surface area contributed by atoms with Crippen molar-refractivity contribution in [1.82, 2.24) is 10.2 Å². The average molecular weight is 324 g/mol. The zero-order valence-corrected chi connectivity index (χ0v) is 13.7. The molecule has 0 fully saturated rings. The Labute approximate surface area is 138 Å². The second kappa shape index (κ2) is 6.30. The Kier molecular flexibility index (Phi) is 4.21. The highest BCUT2D eigenvalue weighted by molar-refractivity contribution is 7.17. The summed E-state index contributed by atoms with van der Waals surface area (Å²) < 4.78 is 0. The van der Waals surface area contributed by atoms with Crippen molar-refractivity contribution >= 4 is 17.3 Å². The Morgan fingerprint density at radius 2 is 1.39 bits per heavy atom. The van der Waals surface area contributed by atoms with Crippen molar-refractivity contribution in [2.45, 2.75) is 19.8 Å². The summed E-state index contributed by atoms with van der Waals surface area (Å²) in [4.78, 5) is 10.9. The molecule has 1 heterocycles. The van der Waals surface area contributed by atoms with Gasteiger partial charge in [-0.15, -0.1) is 10.2 Å². The minimum Gasteiger partial charge on any atom is -0.478 e. The third-order valence-electron chi connectivity index (χ3n) is 3.63. The summed E-state index contributed by atoms with van der Waals surface area (Å²) in [7, 11) is 0. The van der Waals surface area contributed by atoms with Crippen LogP contribution < -0.4 is 0 Å². The number of carbonyl (C=O) groups is 1. The smallest absolute Gasteiger partial charge is 0.335 e. The second-order valence-corrected chi connectivity index (χ2v) is 6.55. The van der Waals surface area contributed by atoms with Crippen molar-refractivity contribution in [3.63, 3.8) is 0 Å². The molecule has 2 aromatic carbocycles. The lowest BCUT2D eigenvalue weighted by molar-refractivity contribution is 0.0697. The molecule has 0 aliphatic heterocycles. The number of carboxylic acids is 1. The van der Waals surface area contributed by atoms with Gasteiger partial charge in [0.2, 0.25) is 0 Å². The van der Waals surface area contributed by atoms with Gasteiger partial charge in [-0.1, -0.05) is 61.6 Å². The third-order valence-corrected chi connectivity index (χ3v) is 4.65. The molecule has 3 rings (SSSR count). The Morgan fingerprint density at radius 3 is 1.83 bits per heavy atom. The van der Waals surface area contributed by atoms with Crippen LogP contribution in [0.1, 0.15) is 35.7 Å². The number of hydrogen-bond donors (Lipinski definition) is 1. The van der Waals surface area contributed by atoms with E-state index in [0.717, 1.165) is 21.1 Å². The molecule has 3 aromatic rings. The molecule has 0 unspecified atom stereocenters. The molecule has 0 saturated heterocycles. The molecule has 0 saturated carbocycles. The van der Waals surface area contributed by atoms with Gasteiger partial charge in [-0.05, 0) is 23.6 Å². The fourth-order valence-corrected chi connectivity index (χ4v) is 3.08. The lowest BCUT2D eigenvalue weighted by Gasteiger charge is -2.04. The first-order chi connectivity index (χ1) is 11.0. The van der Waals surface area contributed by atoms with Crippen LogP contribution in [-0.4, -0.2) is 21.3 Å². The largest absolute Gasteiger partial charge is 0.478 e. The molecule has 4 nitrogen and oxygen atoms in total. The number of carboxylic acid groups (broad SMARTS) is 1. The Hall–Kier alpha value is -2.53. The number of nitrogens with zero attached hydrogens (tertiary/aromatic N) is 2. The van der Waals surface area contributed by atoms with E-state index in [0.29, 0.717) is 5.92 Å². The van der Waals surface area contributed by atoms with Gasteiger partial charge in [0, 0.05) is 11.1 Å². The third kappa shape index (κ3) is 3.29. The highest BCUT2D eigenvalue weighted by atomic mass is 32.1. The van der Waals surface area contributed by atoms with Crippen molar-refractivity contribution in [1.29, 1.82) is 0 Å². The van der Waals surface area contributed by atoms with Crippen LogP contribution in [0.4, 0.5) is 0 Å². The first-order valence-electron chi connectivity index (χ1n) is 7.32. The highest BCUT2D eigenvalue weighted by Gasteiger charge is 2.10. The summed E-state index contributed by atoms with van der Waals surface area (Å²) in [6.45, 7) is 4.33. The van der Waals surface area contributed by atoms with Crippen molar-refractivity contribution in [3.05, 3.63) is 59.7 Å². The van der Waals surface area contributed by atoms with Crippen LogP contribution in [0.15, 0.2) is 48.5 Å². The van der Waals surface area contributed by atoms with Crippen LogP contribution in [-0.2, 0) is 0 Å². The van der Waals surface area contributed by atoms with Gasteiger partial charge in [-0.2, -0.15) is 0 Å². The van der Waals surface area contributed by atoms with Gasteiger partial charge < -0.3 is 5.11 Å². The van der Waals surface area contributed by atoms with Gasteiger partial charge in [-0.3, -0.25) is 0 Å². The average Bonchev–Trinajstić information content (AvgIpc) is 3.05. The summed E-state index contributed by atoms with van der Waals surface area (Å²) in [5.74, 6) is -0.429. The topological polar surface area (TPSA) is 63.1 Å². The van der Waals surface area contributed by atoms with E-state index in [4.69, 9.17) is 5.11 Å². The van der Waals surface area contributed by atoms with Crippen molar-refractivity contribution in [3.8, 4) is 21.1 Å². The number of rotatable bonds is 4. The van der Waals surface area contributed by atoms with E-state index in [-0.39, 0.29) is 5.56 Å². The van der Waals surface area contributed by atoms with Crippen molar-refractivity contribution < 1.29 is 9.90 Å². The number of hydrogen-bond acceptors (Lipinski definition) is 4. The predicted octanol–water partition coefficient (Wildman–Crippen LogP) is 4.69. The van der Waals surface area contributed by atoms with Gasteiger partial charge in [0.25, 0.3) is 0 Å². The maximum absolute atomic E-state index is 10.9. The minimum atomic E-state index is -0.931. The highest BCUT2D eigenvalue weighted by Crippen LogP contribution is 2.30. The van der Waals surface area contributed by atoms with E-state index in [1.165, 1.54) is 16.9 Å². The van der Waals surface area contributed by atoms with Crippen LogP contribution in [0, 0.1) is 0 Å². The molecule has 0 radical (unpaired) electrons. The number of aromatic carboxylic acids is 1. The molecule has 0 spiro atoms. The molecule has 116 valence electrons. The van der Waals surface area contributed by atoms with Gasteiger partial charge in [0.15, 0.2) is 0 Å². The van der Waals surface area contributed by atoms with Crippen molar-refractivity contribution in [2.75, 3.05) is 0 Å². The summed E-state index contributed by atoms with van der Waals surface area (Å²) in [5.41, 5.74) is 3.48.